The third kappa shape index (κ3) is 2.70. The molecule has 98 valence electrons. The molecule has 0 N–H and O–H groups in total. The molecule has 2 rings (SSSR count). The molecule has 2 heterocycles. The Kier molecular flexibility index (Phi) is 3.15. The lowest BCUT2D eigenvalue weighted by Crippen LogP contribution is -2.57. The van der Waals surface area contributed by atoms with E-state index in [1.807, 2.05) is 0 Å². The summed E-state index contributed by atoms with van der Waals surface area (Å²) in [5.74, 6) is 0.747. The number of hydrogen-bond donors (Lipinski definition) is 0. The summed E-state index contributed by atoms with van der Waals surface area (Å²) in [6.07, 6.45) is 2.58. The Morgan fingerprint density at radius 2 is 1.89 bits per heavy atom. The molecule has 1 aromatic rings. The van der Waals surface area contributed by atoms with Crippen LogP contribution in [0.5, 0.6) is 0 Å². The Labute approximate surface area is 108 Å². The van der Waals surface area contributed by atoms with Crippen LogP contribution in [0.15, 0.2) is 18.3 Å². The summed E-state index contributed by atoms with van der Waals surface area (Å²) < 4.78 is 6.03. The average Bonchev–Trinajstić information content (AvgIpc) is 2.24. The Bertz CT molecular complexity index is 439. The number of pyridine rings is 1. The Morgan fingerprint density at radius 3 is 2.44 bits per heavy atom. The quantitative estimate of drug-likeness (QED) is 0.753. The maximum absolute atomic E-state index is 11.1. The molecule has 1 saturated heterocycles. The molecule has 0 radical (unpaired) electrons. The minimum Gasteiger partial charge on any atom is -0.366 e. The second-order valence-electron chi connectivity index (χ2n) is 6.01. The van der Waals surface area contributed by atoms with Gasteiger partial charge in [-0.15, -0.1) is 0 Å². The first-order valence-electron chi connectivity index (χ1n) is 6.18. The molecular formula is C14H20N2O2. The molecule has 0 saturated carbocycles. The maximum atomic E-state index is 11.1. The summed E-state index contributed by atoms with van der Waals surface area (Å²) in [6.45, 7) is 9.70. The highest BCUT2D eigenvalue weighted by Gasteiger charge is 2.39. The van der Waals surface area contributed by atoms with Gasteiger partial charge in [-0.2, -0.15) is 0 Å². The largest absolute Gasteiger partial charge is 0.366 e. The molecule has 1 aliphatic rings. The van der Waals surface area contributed by atoms with Gasteiger partial charge in [0.15, 0.2) is 6.29 Å². The molecule has 0 atom stereocenters. The van der Waals surface area contributed by atoms with Crippen LogP contribution < -0.4 is 4.90 Å². The number of anilines is 1. The van der Waals surface area contributed by atoms with Crippen LogP contribution in [0.3, 0.4) is 0 Å². The third-order valence-electron chi connectivity index (χ3n) is 2.94. The van der Waals surface area contributed by atoms with E-state index in [9.17, 15) is 4.79 Å². The van der Waals surface area contributed by atoms with Gasteiger partial charge in [0.1, 0.15) is 5.82 Å². The first-order chi connectivity index (χ1) is 8.33. The number of nitrogens with zero attached hydrogens (tertiary/aromatic N) is 2. The van der Waals surface area contributed by atoms with E-state index in [1.165, 1.54) is 0 Å². The number of ether oxygens (including phenoxy) is 1. The van der Waals surface area contributed by atoms with E-state index < -0.39 is 0 Å². The van der Waals surface area contributed by atoms with E-state index in [0.29, 0.717) is 5.56 Å². The van der Waals surface area contributed by atoms with Gasteiger partial charge >= 0.3 is 0 Å². The van der Waals surface area contributed by atoms with Crippen molar-refractivity contribution in [2.45, 2.75) is 38.9 Å². The van der Waals surface area contributed by atoms with E-state index in [0.717, 1.165) is 25.2 Å². The standard InChI is InChI=1S/C14H20N2O2/c1-13(2)9-16(10-14(3,4)18-13)12-11(8-17)6-5-7-15-12/h5-8H,9-10H2,1-4H3. The maximum Gasteiger partial charge on any atom is 0.153 e. The molecule has 1 aromatic heterocycles. The predicted octanol–water partition coefficient (Wildman–Crippen LogP) is 2.29. The number of hydrogen-bond acceptors (Lipinski definition) is 4. The summed E-state index contributed by atoms with van der Waals surface area (Å²) >= 11 is 0. The van der Waals surface area contributed by atoms with Crippen LogP contribution in [0, 0.1) is 0 Å². The van der Waals surface area contributed by atoms with Gasteiger partial charge in [0.05, 0.1) is 16.8 Å². The summed E-state index contributed by atoms with van der Waals surface area (Å²) in [7, 11) is 0. The van der Waals surface area contributed by atoms with Gasteiger partial charge in [-0.1, -0.05) is 0 Å². The SMILES string of the molecule is CC1(C)CN(c2ncccc2C=O)CC(C)(C)O1. The van der Waals surface area contributed by atoms with Crippen LogP contribution >= 0.6 is 0 Å². The van der Waals surface area contributed by atoms with Gasteiger partial charge in [0.2, 0.25) is 0 Å². The molecule has 4 heteroatoms. The zero-order valence-electron chi connectivity index (χ0n) is 11.4. The highest BCUT2D eigenvalue weighted by atomic mass is 16.5. The van der Waals surface area contributed by atoms with Crippen molar-refractivity contribution >= 4 is 12.1 Å². The summed E-state index contributed by atoms with van der Waals surface area (Å²) in [4.78, 5) is 17.6. The number of aldehydes is 1. The van der Waals surface area contributed by atoms with Gasteiger partial charge in [-0.3, -0.25) is 4.79 Å². The van der Waals surface area contributed by atoms with Crippen molar-refractivity contribution < 1.29 is 9.53 Å². The van der Waals surface area contributed by atoms with Gasteiger partial charge in [0.25, 0.3) is 0 Å². The fourth-order valence-electron chi connectivity index (χ4n) is 2.70. The monoisotopic (exact) mass is 248 g/mol. The second-order valence-corrected chi connectivity index (χ2v) is 6.01. The second kappa shape index (κ2) is 4.35. The normalized spacial score (nSPS) is 21.7. The Morgan fingerprint density at radius 1 is 1.28 bits per heavy atom. The van der Waals surface area contributed by atoms with Gasteiger partial charge in [-0.05, 0) is 39.8 Å². The lowest BCUT2D eigenvalue weighted by molar-refractivity contribution is -0.133. The van der Waals surface area contributed by atoms with E-state index in [4.69, 9.17) is 4.74 Å². The topological polar surface area (TPSA) is 42.4 Å². The average molecular weight is 248 g/mol. The number of rotatable bonds is 2. The molecule has 0 spiro atoms. The van der Waals surface area contributed by atoms with Crippen molar-refractivity contribution in [3.8, 4) is 0 Å². The molecular weight excluding hydrogens is 228 g/mol. The molecule has 0 unspecified atom stereocenters. The highest BCUT2D eigenvalue weighted by Crippen LogP contribution is 2.31. The zero-order valence-corrected chi connectivity index (χ0v) is 11.4. The van der Waals surface area contributed by atoms with Gasteiger partial charge < -0.3 is 9.64 Å². The number of carbonyl (C=O) groups excluding carboxylic acids is 1. The van der Waals surface area contributed by atoms with Crippen LogP contribution in [-0.2, 0) is 4.74 Å². The zero-order chi connectivity index (χ0) is 13.4. The van der Waals surface area contributed by atoms with Crippen molar-refractivity contribution in [2.75, 3.05) is 18.0 Å². The minimum absolute atomic E-state index is 0.251. The molecule has 0 aliphatic carbocycles. The van der Waals surface area contributed by atoms with Crippen LogP contribution in [-0.4, -0.2) is 35.6 Å². The van der Waals surface area contributed by atoms with E-state index in [-0.39, 0.29) is 11.2 Å². The van der Waals surface area contributed by atoms with Crippen LogP contribution in [0.25, 0.3) is 0 Å². The predicted molar refractivity (Wildman–Crippen MR) is 71.1 cm³/mol. The van der Waals surface area contributed by atoms with Crippen molar-refractivity contribution in [3.63, 3.8) is 0 Å². The Hall–Kier alpha value is -1.42. The molecule has 0 amide bonds. The Balaban J connectivity index is 2.35. The number of morpholine rings is 1. The summed E-state index contributed by atoms with van der Waals surface area (Å²) in [6, 6.07) is 3.58. The fraction of sp³-hybridized carbons (Fsp3) is 0.571. The lowest BCUT2D eigenvalue weighted by atomic mass is 9.98. The number of aromatic nitrogens is 1. The first kappa shape index (κ1) is 13.0. The number of carbonyl (C=O) groups is 1. The third-order valence-corrected chi connectivity index (χ3v) is 2.94. The highest BCUT2D eigenvalue weighted by molar-refractivity contribution is 5.82. The van der Waals surface area contributed by atoms with Crippen molar-refractivity contribution in [1.29, 1.82) is 0 Å². The van der Waals surface area contributed by atoms with Gasteiger partial charge in [0, 0.05) is 19.3 Å². The first-order valence-corrected chi connectivity index (χ1v) is 6.18. The molecule has 0 bridgehead atoms. The van der Waals surface area contributed by atoms with Gasteiger partial charge in [-0.25, -0.2) is 4.98 Å². The molecule has 18 heavy (non-hydrogen) atoms. The smallest absolute Gasteiger partial charge is 0.153 e. The van der Waals surface area contributed by atoms with Crippen LogP contribution in [0.1, 0.15) is 38.1 Å². The molecule has 1 fully saturated rings. The van der Waals surface area contributed by atoms with Crippen molar-refractivity contribution in [1.82, 2.24) is 4.98 Å². The fourth-order valence-corrected chi connectivity index (χ4v) is 2.70. The van der Waals surface area contributed by atoms with E-state index in [2.05, 4.69) is 37.6 Å². The molecule has 0 aromatic carbocycles. The van der Waals surface area contributed by atoms with Crippen molar-refractivity contribution in [2.24, 2.45) is 0 Å². The molecule has 1 aliphatic heterocycles. The molecule has 4 nitrogen and oxygen atoms in total. The van der Waals surface area contributed by atoms with Crippen molar-refractivity contribution in [3.05, 3.63) is 23.9 Å². The minimum atomic E-state index is -0.251. The lowest BCUT2D eigenvalue weighted by Gasteiger charge is -2.47. The summed E-state index contributed by atoms with van der Waals surface area (Å²) in [5.41, 5.74) is 0.129. The van der Waals surface area contributed by atoms with Crippen LogP contribution in [0.2, 0.25) is 0 Å². The summed E-state index contributed by atoms with van der Waals surface area (Å²) in [5, 5.41) is 0. The van der Waals surface area contributed by atoms with E-state index in [1.54, 1.807) is 18.3 Å². The van der Waals surface area contributed by atoms with E-state index >= 15 is 0 Å². The van der Waals surface area contributed by atoms with Crippen LogP contribution in [0.4, 0.5) is 5.82 Å².